The topological polar surface area (TPSA) is 70.4 Å². The molecule has 25 heavy (non-hydrogen) atoms. The van der Waals surface area contributed by atoms with Gasteiger partial charge in [-0.1, -0.05) is 18.2 Å². The Morgan fingerprint density at radius 2 is 1.88 bits per heavy atom. The van der Waals surface area contributed by atoms with Crippen LogP contribution in [0, 0.1) is 0 Å². The summed E-state index contributed by atoms with van der Waals surface area (Å²) in [6.07, 6.45) is 3.17. The molecule has 1 amide bonds. The summed E-state index contributed by atoms with van der Waals surface area (Å²) in [5.41, 5.74) is 3.02. The molecule has 1 aromatic heterocycles. The zero-order chi connectivity index (χ0) is 17.6. The average Bonchev–Trinajstić information content (AvgIpc) is 3.13. The molecule has 6 nitrogen and oxygen atoms in total. The smallest absolute Gasteiger partial charge is 0.274 e. The number of para-hydroxylation sites is 1. The van der Waals surface area contributed by atoms with Crippen LogP contribution in [0.4, 0.5) is 11.4 Å². The van der Waals surface area contributed by atoms with E-state index in [0.29, 0.717) is 17.9 Å². The van der Waals surface area contributed by atoms with Gasteiger partial charge < -0.3 is 15.3 Å². The van der Waals surface area contributed by atoms with E-state index in [1.54, 1.807) is 17.1 Å². The Bertz CT molecular complexity index is 828. The van der Waals surface area contributed by atoms with E-state index < -0.39 is 0 Å². The predicted octanol–water partition coefficient (Wildman–Crippen LogP) is 2.55. The van der Waals surface area contributed by atoms with Gasteiger partial charge in [0.05, 0.1) is 19.1 Å². The summed E-state index contributed by atoms with van der Waals surface area (Å²) in [7, 11) is 1.90. The van der Waals surface area contributed by atoms with Gasteiger partial charge in [-0.2, -0.15) is 0 Å². The fourth-order valence-electron chi connectivity index (χ4n) is 2.53. The van der Waals surface area contributed by atoms with Crippen LogP contribution in [0.1, 0.15) is 10.5 Å². The molecule has 2 N–H and O–H groups in total. The molecule has 3 aromatic rings. The second kappa shape index (κ2) is 7.63. The molecule has 0 saturated carbocycles. The summed E-state index contributed by atoms with van der Waals surface area (Å²) in [5, 5.41) is 11.9. The quantitative estimate of drug-likeness (QED) is 0.726. The number of hydrogen-bond acceptors (Lipinski definition) is 4. The molecule has 0 aliphatic carbocycles. The van der Waals surface area contributed by atoms with E-state index in [0.717, 1.165) is 11.4 Å². The number of imidazole rings is 1. The van der Waals surface area contributed by atoms with Crippen LogP contribution in [0.5, 0.6) is 0 Å². The summed E-state index contributed by atoms with van der Waals surface area (Å²) in [4.78, 5) is 18.6. The highest BCUT2D eigenvalue weighted by Crippen LogP contribution is 2.18. The van der Waals surface area contributed by atoms with Crippen LogP contribution in [0.25, 0.3) is 5.69 Å². The van der Waals surface area contributed by atoms with Crippen molar-refractivity contribution in [2.45, 2.75) is 0 Å². The van der Waals surface area contributed by atoms with Gasteiger partial charge in [-0.15, -0.1) is 0 Å². The van der Waals surface area contributed by atoms with Gasteiger partial charge in [-0.3, -0.25) is 9.36 Å². The summed E-state index contributed by atoms with van der Waals surface area (Å²) in [6, 6.07) is 17.1. The lowest BCUT2D eigenvalue weighted by molar-refractivity contribution is 0.102. The number of rotatable bonds is 6. The SMILES string of the molecule is CN(CCO)c1ccc(NC(=O)c2cncn2-c2ccccc2)cc1. The van der Waals surface area contributed by atoms with Gasteiger partial charge in [-0.25, -0.2) is 4.98 Å². The van der Waals surface area contributed by atoms with Crippen molar-refractivity contribution >= 4 is 17.3 Å². The molecular formula is C19H20N4O2. The zero-order valence-corrected chi connectivity index (χ0v) is 14.0. The Labute approximate surface area is 146 Å². The van der Waals surface area contributed by atoms with Gasteiger partial charge in [0.2, 0.25) is 0 Å². The van der Waals surface area contributed by atoms with Crippen molar-refractivity contribution in [3.05, 3.63) is 72.8 Å². The normalized spacial score (nSPS) is 10.5. The van der Waals surface area contributed by atoms with E-state index in [4.69, 9.17) is 5.11 Å². The standard InChI is InChI=1S/C19H20N4O2/c1-22(11-12-24)16-9-7-15(8-10-16)21-19(25)18-13-20-14-23(18)17-5-3-2-4-6-17/h2-10,13-14,24H,11-12H2,1H3,(H,21,25). The van der Waals surface area contributed by atoms with Crippen molar-refractivity contribution in [1.29, 1.82) is 0 Å². The van der Waals surface area contributed by atoms with Gasteiger partial charge in [0, 0.05) is 30.7 Å². The first-order valence-corrected chi connectivity index (χ1v) is 8.00. The molecule has 0 saturated heterocycles. The lowest BCUT2D eigenvalue weighted by Gasteiger charge is -2.18. The maximum absolute atomic E-state index is 12.6. The van der Waals surface area contributed by atoms with Crippen molar-refractivity contribution in [1.82, 2.24) is 9.55 Å². The zero-order valence-electron chi connectivity index (χ0n) is 14.0. The van der Waals surface area contributed by atoms with Crippen LogP contribution < -0.4 is 10.2 Å². The largest absolute Gasteiger partial charge is 0.395 e. The Morgan fingerprint density at radius 1 is 1.16 bits per heavy atom. The number of nitrogens with one attached hydrogen (secondary N) is 1. The van der Waals surface area contributed by atoms with Gasteiger partial charge in [-0.05, 0) is 36.4 Å². The molecule has 0 radical (unpaired) electrons. The van der Waals surface area contributed by atoms with Gasteiger partial charge in [0.25, 0.3) is 5.91 Å². The second-order valence-corrected chi connectivity index (χ2v) is 5.63. The van der Waals surface area contributed by atoms with Crippen LogP contribution in [0.3, 0.4) is 0 Å². The number of carbonyl (C=O) groups is 1. The number of nitrogens with zero attached hydrogens (tertiary/aromatic N) is 3. The highest BCUT2D eigenvalue weighted by molar-refractivity contribution is 6.03. The number of aromatic nitrogens is 2. The third kappa shape index (κ3) is 3.87. The number of hydrogen-bond donors (Lipinski definition) is 2. The Kier molecular flexibility index (Phi) is 5.11. The fourth-order valence-corrected chi connectivity index (χ4v) is 2.53. The molecule has 0 aliphatic rings. The monoisotopic (exact) mass is 336 g/mol. The fraction of sp³-hybridized carbons (Fsp3) is 0.158. The van der Waals surface area contributed by atoms with Crippen molar-refractivity contribution in [3.8, 4) is 5.69 Å². The van der Waals surface area contributed by atoms with Gasteiger partial charge in [0.1, 0.15) is 5.69 Å². The molecule has 1 heterocycles. The van der Waals surface area contributed by atoms with Crippen LogP contribution in [-0.4, -0.2) is 40.8 Å². The number of anilines is 2. The minimum Gasteiger partial charge on any atom is -0.395 e. The number of benzene rings is 2. The highest BCUT2D eigenvalue weighted by Gasteiger charge is 2.13. The first kappa shape index (κ1) is 16.7. The first-order chi connectivity index (χ1) is 12.2. The highest BCUT2D eigenvalue weighted by atomic mass is 16.3. The maximum Gasteiger partial charge on any atom is 0.274 e. The minimum atomic E-state index is -0.224. The summed E-state index contributed by atoms with van der Waals surface area (Å²) in [5.74, 6) is -0.224. The molecule has 0 spiro atoms. The molecule has 0 bridgehead atoms. The lowest BCUT2D eigenvalue weighted by Crippen LogP contribution is -2.21. The Morgan fingerprint density at radius 3 is 2.56 bits per heavy atom. The number of amides is 1. The molecule has 6 heteroatoms. The van der Waals surface area contributed by atoms with Crippen LogP contribution in [0.15, 0.2) is 67.1 Å². The van der Waals surface area contributed by atoms with Crippen molar-refractivity contribution in [3.63, 3.8) is 0 Å². The molecule has 0 unspecified atom stereocenters. The van der Waals surface area contributed by atoms with E-state index in [9.17, 15) is 4.79 Å². The summed E-state index contributed by atoms with van der Waals surface area (Å²) < 4.78 is 1.75. The third-order valence-corrected chi connectivity index (χ3v) is 3.91. The van der Waals surface area contributed by atoms with Crippen LogP contribution in [-0.2, 0) is 0 Å². The minimum absolute atomic E-state index is 0.0957. The second-order valence-electron chi connectivity index (χ2n) is 5.63. The van der Waals surface area contributed by atoms with Crippen molar-refractivity contribution in [2.75, 3.05) is 30.4 Å². The van der Waals surface area contributed by atoms with Crippen LogP contribution >= 0.6 is 0 Å². The van der Waals surface area contributed by atoms with Crippen molar-refractivity contribution < 1.29 is 9.90 Å². The van der Waals surface area contributed by atoms with E-state index in [2.05, 4.69) is 10.3 Å². The number of likely N-dealkylation sites (N-methyl/N-ethyl adjacent to an activating group) is 1. The molecular weight excluding hydrogens is 316 g/mol. The number of aliphatic hydroxyl groups is 1. The van der Waals surface area contributed by atoms with Crippen molar-refractivity contribution in [2.24, 2.45) is 0 Å². The number of carbonyl (C=O) groups excluding carboxylic acids is 1. The number of aliphatic hydroxyl groups excluding tert-OH is 1. The predicted molar refractivity (Wildman–Crippen MR) is 98.3 cm³/mol. The average molecular weight is 336 g/mol. The van der Waals surface area contributed by atoms with E-state index in [-0.39, 0.29) is 12.5 Å². The van der Waals surface area contributed by atoms with Crippen LogP contribution in [0.2, 0.25) is 0 Å². The summed E-state index contributed by atoms with van der Waals surface area (Å²) >= 11 is 0. The Hall–Kier alpha value is -3.12. The van der Waals surface area contributed by atoms with E-state index >= 15 is 0 Å². The Balaban J connectivity index is 1.74. The first-order valence-electron chi connectivity index (χ1n) is 8.00. The molecule has 128 valence electrons. The summed E-state index contributed by atoms with van der Waals surface area (Å²) in [6.45, 7) is 0.653. The molecule has 3 rings (SSSR count). The van der Waals surface area contributed by atoms with Gasteiger partial charge >= 0.3 is 0 Å². The molecule has 2 aromatic carbocycles. The molecule has 0 aliphatic heterocycles. The molecule has 0 atom stereocenters. The lowest BCUT2D eigenvalue weighted by atomic mass is 10.2. The van der Waals surface area contributed by atoms with E-state index in [1.165, 1.54) is 0 Å². The third-order valence-electron chi connectivity index (χ3n) is 3.91. The van der Waals surface area contributed by atoms with E-state index in [1.807, 2.05) is 66.5 Å². The molecule has 0 fully saturated rings. The maximum atomic E-state index is 12.6. The van der Waals surface area contributed by atoms with Gasteiger partial charge in [0.15, 0.2) is 0 Å².